The molecule has 0 bridgehead atoms. The number of hydrogen-bond donors (Lipinski definition) is 1. The van der Waals surface area contributed by atoms with Crippen molar-refractivity contribution < 1.29 is 9.90 Å². The van der Waals surface area contributed by atoms with Gasteiger partial charge in [-0.15, -0.1) is 0 Å². The molecule has 1 aliphatic heterocycles. The van der Waals surface area contributed by atoms with E-state index in [1.54, 1.807) is 0 Å². The van der Waals surface area contributed by atoms with Crippen LogP contribution in [0.2, 0.25) is 0 Å². The number of likely N-dealkylation sites (N-methyl/N-ethyl adjacent to an activating group) is 1. The van der Waals surface area contributed by atoms with E-state index in [9.17, 15) is 9.90 Å². The predicted molar refractivity (Wildman–Crippen MR) is 82.2 cm³/mol. The van der Waals surface area contributed by atoms with Crippen LogP contribution in [0.3, 0.4) is 0 Å². The molecular weight excluding hydrogens is 318 g/mol. The molecule has 0 radical (unpaired) electrons. The van der Waals surface area contributed by atoms with Crippen molar-refractivity contribution in [3.05, 3.63) is 33.8 Å². The fourth-order valence-corrected chi connectivity index (χ4v) is 4.20. The highest BCUT2D eigenvalue weighted by atomic mass is 79.9. The van der Waals surface area contributed by atoms with Crippen molar-refractivity contribution in [2.24, 2.45) is 0 Å². The Morgan fingerprint density at radius 1 is 1.45 bits per heavy atom. The standard InChI is InChI=1S/C16H20BrNO2/c1-18-8-5-11(10-18)13-4-3-12(9-14(13)17)16(15(19)20)6-2-7-16/h3-4,9,11H,2,5-8,10H2,1H3,(H,19,20). The Morgan fingerprint density at radius 3 is 2.65 bits per heavy atom. The van der Waals surface area contributed by atoms with Gasteiger partial charge in [-0.05, 0) is 56.0 Å². The maximum Gasteiger partial charge on any atom is 0.314 e. The van der Waals surface area contributed by atoms with Gasteiger partial charge in [0.25, 0.3) is 0 Å². The number of carboxylic acids is 1. The van der Waals surface area contributed by atoms with E-state index in [-0.39, 0.29) is 0 Å². The van der Waals surface area contributed by atoms with Crippen molar-refractivity contribution in [3.8, 4) is 0 Å². The molecule has 1 N–H and O–H groups in total. The first-order valence-electron chi connectivity index (χ1n) is 7.25. The average molecular weight is 338 g/mol. The third kappa shape index (κ3) is 2.19. The molecule has 4 heteroatoms. The van der Waals surface area contributed by atoms with Crippen LogP contribution >= 0.6 is 15.9 Å². The number of aliphatic carboxylic acids is 1. The van der Waals surface area contributed by atoms with Gasteiger partial charge < -0.3 is 10.0 Å². The van der Waals surface area contributed by atoms with Crippen molar-refractivity contribution in [1.82, 2.24) is 4.90 Å². The second-order valence-corrected chi connectivity index (χ2v) is 7.08. The van der Waals surface area contributed by atoms with Crippen LogP contribution in [-0.4, -0.2) is 36.1 Å². The van der Waals surface area contributed by atoms with Crippen LogP contribution in [0.4, 0.5) is 0 Å². The van der Waals surface area contributed by atoms with Crippen LogP contribution < -0.4 is 0 Å². The Morgan fingerprint density at radius 2 is 2.20 bits per heavy atom. The summed E-state index contributed by atoms with van der Waals surface area (Å²) in [4.78, 5) is 13.9. The second kappa shape index (κ2) is 5.15. The lowest BCUT2D eigenvalue weighted by Crippen LogP contribution is -2.42. The van der Waals surface area contributed by atoms with Gasteiger partial charge in [0.2, 0.25) is 0 Å². The third-order valence-electron chi connectivity index (χ3n) is 5.00. The summed E-state index contributed by atoms with van der Waals surface area (Å²) in [7, 11) is 2.15. The summed E-state index contributed by atoms with van der Waals surface area (Å²) in [6, 6.07) is 6.21. The van der Waals surface area contributed by atoms with E-state index in [4.69, 9.17) is 0 Å². The zero-order valence-corrected chi connectivity index (χ0v) is 13.3. The first-order chi connectivity index (χ1) is 9.53. The predicted octanol–water partition coefficient (Wildman–Crippen LogP) is 3.37. The minimum absolute atomic E-state index is 0.561. The van der Waals surface area contributed by atoms with Crippen LogP contribution in [0, 0.1) is 0 Å². The molecular formula is C16H20BrNO2. The quantitative estimate of drug-likeness (QED) is 0.919. The van der Waals surface area contributed by atoms with Gasteiger partial charge in [-0.2, -0.15) is 0 Å². The number of halogens is 1. The number of carboxylic acid groups (broad SMARTS) is 1. The SMILES string of the molecule is CN1CCC(c2ccc(C3(C(=O)O)CCC3)cc2Br)C1. The van der Waals surface area contributed by atoms with Crippen LogP contribution in [0.25, 0.3) is 0 Å². The number of rotatable bonds is 3. The molecule has 0 amide bonds. The lowest BCUT2D eigenvalue weighted by atomic mass is 9.64. The molecule has 1 heterocycles. The number of hydrogen-bond acceptors (Lipinski definition) is 2. The minimum Gasteiger partial charge on any atom is -0.481 e. The molecule has 1 aromatic rings. The number of benzene rings is 1. The van der Waals surface area contributed by atoms with Gasteiger partial charge in [0.15, 0.2) is 0 Å². The monoisotopic (exact) mass is 337 g/mol. The van der Waals surface area contributed by atoms with Crippen LogP contribution in [0.15, 0.2) is 22.7 Å². The van der Waals surface area contributed by atoms with E-state index in [1.807, 2.05) is 12.1 Å². The number of carbonyl (C=O) groups is 1. The first-order valence-corrected chi connectivity index (χ1v) is 8.04. The van der Waals surface area contributed by atoms with Crippen molar-refractivity contribution in [3.63, 3.8) is 0 Å². The normalized spacial score (nSPS) is 25.4. The van der Waals surface area contributed by atoms with Crippen LogP contribution in [-0.2, 0) is 10.2 Å². The fraction of sp³-hybridized carbons (Fsp3) is 0.562. The van der Waals surface area contributed by atoms with Crippen molar-refractivity contribution in [1.29, 1.82) is 0 Å². The Hall–Kier alpha value is -0.870. The van der Waals surface area contributed by atoms with E-state index in [2.05, 4.69) is 33.9 Å². The Bertz CT molecular complexity index is 539. The maximum absolute atomic E-state index is 11.6. The van der Waals surface area contributed by atoms with Crippen molar-refractivity contribution >= 4 is 21.9 Å². The van der Waals surface area contributed by atoms with Crippen LogP contribution in [0.5, 0.6) is 0 Å². The molecule has 2 fully saturated rings. The van der Waals surface area contributed by atoms with Crippen molar-refractivity contribution in [2.45, 2.75) is 37.0 Å². The summed E-state index contributed by atoms with van der Waals surface area (Å²) < 4.78 is 1.07. The Balaban J connectivity index is 1.90. The van der Waals surface area contributed by atoms with E-state index in [1.165, 1.54) is 12.0 Å². The van der Waals surface area contributed by atoms with E-state index in [0.29, 0.717) is 5.92 Å². The molecule has 3 nitrogen and oxygen atoms in total. The highest BCUT2D eigenvalue weighted by Gasteiger charge is 2.46. The molecule has 20 heavy (non-hydrogen) atoms. The molecule has 1 unspecified atom stereocenters. The summed E-state index contributed by atoms with van der Waals surface area (Å²) in [5.74, 6) is -0.116. The van der Waals surface area contributed by atoms with E-state index >= 15 is 0 Å². The average Bonchev–Trinajstić information content (AvgIpc) is 2.74. The summed E-state index contributed by atoms with van der Waals surface area (Å²) in [6.45, 7) is 2.22. The van der Waals surface area contributed by atoms with Crippen LogP contribution in [0.1, 0.15) is 42.7 Å². The second-order valence-electron chi connectivity index (χ2n) is 6.22. The zero-order chi connectivity index (χ0) is 14.3. The summed E-state index contributed by atoms with van der Waals surface area (Å²) in [5.41, 5.74) is 1.64. The summed E-state index contributed by atoms with van der Waals surface area (Å²) >= 11 is 3.66. The van der Waals surface area contributed by atoms with Gasteiger partial charge >= 0.3 is 5.97 Å². The Labute approximate surface area is 128 Å². The Kier molecular flexibility index (Phi) is 3.63. The summed E-state index contributed by atoms with van der Waals surface area (Å²) in [5, 5.41) is 9.52. The van der Waals surface area contributed by atoms with Gasteiger partial charge in [-0.1, -0.05) is 34.5 Å². The maximum atomic E-state index is 11.6. The smallest absolute Gasteiger partial charge is 0.314 e. The summed E-state index contributed by atoms with van der Waals surface area (Å²) in [6.07, 6.45) is 3.72. The molecule has 0 aromatic heterocycles. The largest absolute Gasteiger partial charge is 0.481 e. The van der Waals surface area contributed by atoms with Gasteiger partial charge in [0.05, 0.1) is 5.41 Å². The molecule has 1 saturated carbocycles. The number of nitrogens with zero attached hydrogens (tertiary/aromatic N) is 1. The first kappa shape index (κ1) is 14.1. The molecule has 1 aromatic carbocycles. The zero-order valence-electron chi connectivity index (χ0n) is 11.7. The molecule has 0 spiro atoms. The lowest BCUT2D eigenvalue weighted by molar-refractivity contribution is -0.147. The van der Waals surface area contributed by atoms with Crippen molar-refractivity contribution in [2.75, 3.05) is 20.1 Å². The molecule has 1 aliphatic carbocycles. The van der Waals surface area contributed by atoms with E-state index in [0.717, 1.165) is 42.4 Å². The van der Waals surface area contributed by atoms with Gasteiger partial charge in [0, 0.05) is 11.0 Å². The van der Waals surface area contributed by atoms with Gasteiger partial charge in [-0.3, -0.25) is 4.79 Å². The highest BCUT2D eigenvalue weighted by Crippen LogP contribution is 2.45. The lowest BCUT2D eigenvalue weighted by Gasteiger charge is -2.38. The molecule has 3 rings (SSSR count). The van der Waals surface area contributed by atoms with Gasteiger partial charge in [-0.25, -0.2) is 0 Å². The highest BCUT2D eigenvalue weighted by molar-refractivity contribution is 9.10. The number of likely N-dealkylation sites (tertiary alicyclic amines) is 1. The van der Waals surface area contributed by atoms with E-state index < -0.39 is 11.4 Å². The molecule has 1 atom stereocenters. The minimum atomic E-state index is -0.677. The fourth-order valence-electron chi connectivity index (χ4n) is 3.50. The molecule has 108 valence electrons. The topological polar surface area (TPSA) is 40.5 Å². The molecule has 1 saturated heterocycles. The molecule has 2 aliphatic rings. The van der Waals surface area contributed by atoms with Gasteiger partial charge in [0.1, 0.15) is 0 Å². The third-order valence-corrected chi connectivity index (χ3v) is 5.69.